The van der Waals surface area contributed by atoms with Crippen molar-refractivity contribution in [2.45, 2.75) is 37.8 Å². The number of nitrogens with zero attached hydrogens (tertiary/aromatic N) is 4. The van der Waals surface area contributed by atoms with Crippen LogP contribution < -0.4 is 0 Å². The summed E-state index contributed by atoms with van der Waals surface area (Å²) >= 11 is 0. The molecule has 1 spiro atoms. The molecule has 0 aliphatic carbocycles. The van der Waals surface area contributed by atoms with Gasteiger partial charge in [0.1, 0.15) is 5.60 Å². The van der Waals surface area contributed by atoms with Crippen molar-refractivity contribution >= 4 is 11.8 Å². The van der Waals surface area contributed by atoms with Gasteiger partial charge in [0.15, 0.2) is 0 Å². The van der Waals surface area contributed by atoms with Crippen LogP contribution in [0.1, 0.15) is 36.1 Å². The van der Waals surface area contributed by atoms with Gasteiger partial charge in [0.2, 0.25) is 11.8 Å². The third-order valence-electron chi connectivity index (χ3n) is 6.47. The van der Waals surface area contributed by atoms with Crippen LogP contribution in [0.5, 0.6) is 0 Å². The van der Waals surface area contributed by atoms with Crippen molar-refractivity contribution in [1.29, 1.82) is 0 Å². The molecule has 2 fully saturated rings. The number of hydrogen-bond donors (Lipinski definition) is 1. The number of amides is 2. The quantitative estimate of drug-likeness (QED) is 0.844. The van der Waals surface area contributed by atoms with E-state index in [2.05, 4.69) is 15.2 Å². The van der Waals surface area contributed by atoms with Gasteiger partial charge >= 0.3 is 0 Å². The molecule has 1 unspecified atom stereocenters. The molecule has 1 atom stereocenters. The fraction of sp³-hybridized carbons (Fsp3) is 0.524. The molecule has 2 amide bonds. The summed E-state index contributed by atoms with van der Waals surface area (Å²) < 4.78 is 6.17. The van der Waals surface area contributed by atoms with Gasteiger partial charge in [0.25, 0.3) is 0 Å². The lowest BCUT2D eigenvalue weighted by Crippen LogP contribution is -2.50. The van der Waals surface area contributed by atoms with Crippen LogP contribution in [0.3, 0.4) is 0 Å². The first kappa shape index (κ1) is 18.3. The number of rotatable bonds is 3. The zero-order valence-corrected chi connectivity index (χ0v) is 16.3. The Morgan fingerprint density at radius 3 is 2.97 bits per heavy atom. The molecule has 0 radical (unpaired) electrons. The lowest BCUT2D eigenvalue weighted by Gasteiger charge is -2.43. The smallest absolute Gasteiger partial charge is 0.227 e. The van der Waals surface area contributed by atoms with Crippen LogP contribution in [0.25, 0.3) is 0 Å². The van der Waals surface area contributed by atoms with E-state index in [-0.39, 0.29) is 23.3 Å². The molecular formula is C21H25N5O3. The molecule has 0 aromatic carbocycles. The lowest BCUT2D eigenvalue weighted by molar-refractivity contribution is -0.145. The number of ether oxygens (including phenoxy) is 1. The molecule has 2 saturated heterocycles. The maximum Gasteiger partial charge on any atom is 0.227 e. The van der Waals surface area contributed by atoms with Crippen molar-refractivity contribution in [3.8, 4) is 0 Å². The molecule has 8 heteroatoms. The van der Waals surface area contributed by atoms with Gasteiger partial charge in [0.05, 0.1) is 24.4 Å². The number of nitrogens with one attached hydrogen (secondary N) is 1. The number of hydrogen-bond acceptors (Lipinski definition) is 5. The number of H-pyrrole nitrogens is 1. The van der Waals surface area contributed by atoms with Crippen LogP contribution in [0.2, 0.25) is 0 Å². The topological polar surface area (TPSA) is 91.4 Å². The number of aromatic nitrogens is 3. The van der Waals surface area contributed by atoms with Crippen molar-refractivity contribution in [2.24, 2.45) is 5.92 Å². The first-order chi connectivity index (χ1) is 14.1. The molecule has 3 aliphatic rings. The molecule has 2 aromatic heterocycles. The minimum atomic E-state index is -0.349. The van der Waals surface area contributed by atoms with Crippen molar-refractivity contribution < 1.29 is 14.3 Å². The standard InChI is InChI=1S/C21H25N5O3/c27-18-10-17(14-26(18)13-15-2-1-6-22-11-15)20(28)25-7-4-21(5-8-25)19-16(3-9-29-21)12-23-24-19/h1-2,6,11-12,17H,3-5,7-10,13-14H2,(H,23,24). The van der Waals surface area contributed by atoms with Gasteiger partial charge in [0, 0.05) is 45.0 Å². The van der Waals surface area contributed by atoms with E-state index in [0.717, 1.165) is 30.5 Å². The van der Waals surface area contributed by atoms with E-state index in [4.69, 9.17) is 4.74 Å². The van der Waals surface area contributed by atoms with Crippen LogP contribution in [0.15, 0.2) is 30.7 Å². The highest BCUT2D eigenvalue weighted by Crippen LogP contribution is 2.40. The summed E-state index contributed by atoms with van der Waals surface area (Å²) in [5.74, 6) is -0.135. The number of likely N-dealkylation sites (tertiary alicyclic amines) is 2. The third-order valence-corrected chi connectivity index (χ3v) is 6.47. The fourth-order valence-electron chi connectivity index (χ4n) is 4.87. The van der Waals surface area contributed by atoms with Gasteiger partial charge in [-0.1, -0.05) is 6.07 Å². The second-order valence-corrected chi connectivity index (χ2v) is 8.22. The second kappa shape index (κ2) is 7.26. The average molecular weight is 395 g/mol. The molecule has 152 valence electrons. The molecule has 3 aliphatic heterocycles. The molecule has 29 heavy (non-hydrogen) atoms. The first-order valence-corrected chi connectivity index (χ1v) is 10.3. The number of aromatic amines is 1. The van der Waals surface area contributed by atoms with Crippen molar-refractivity contribution in [3.05, 3.63) is 47.5 Å². The lowest BCUT2D eigenvalue weighted by atomic mass is 9.83. The molecule has 0 bridgehead atoms. The number of fused-ring (bicyclic) bond motifs is 2. The highest BCUT2D eigenvalue weighted by atomic mass is 16.5. The van der Waals surface area contributed by atoms with E-state index in [0.29, 0.717) is 39.2 Å². The van der Waals surface area contributed by atoms with E-state index in [9.17, 15) is 9.59 Å². The largest absolute Gasteiger partial charge is 0.368 e. The van der Waals surface area contributed by atoms with Crippen LogP contribution in [-0.4, -0.2) is 63.0 Å². The highest BCUT2D eigenvalue weighted by molar-refractivity contribution is 5.89. The maximum absolute atomic E-state index is 13.1. The summed E-state index contributed by atoms with van der Waals surface area (Å²) in [4.78, 5) is 33.3. The molecular weight excluding hydrogens is 370 g/mol. The number of carbonyl (C=O) groups is 2. The van der Waals surface area contributed by atoms with Gasteiger partial charge in [-0.2, -0.15) is 5.10 Å². The molecule has 1 N–H and O–H groups in total. The number of piperidine rings is 1. The van der Waals surface area contributed by atoms with Gasteiger partial charge in [-0.15, -0.1) is 0 Å². The van der Waals surface area contributed by atoms with Gasteiger partial charge < -0.3 is 14.5 Å². The van der Waals surface area contributed by atoms with E-state index < -0.39 is 0 Å². The normalized spacial score (nSPS) is 23.4. The van der Waals surface area contributed by atoms with E-state index in [1.165, 1.54) is 5.56 Å². The summed E-state index contributed by atoms with van der Waals surface area (Å²) in [6.07, 6.45) is 8.06. The molecule has 5 rings (SSSR count). The minimum absolute atomic E-state index is 0.0402. The summed E-state index contributed by atoms with van der Waals surface area (Å²) in [5, 5.41) is 7.31. The average Bonchev–Trinajstić information content (AvgIpc) is 3.37. The summed E-state index contributed by atoms with van der Waals surface area (Å²) in [5.41, 5.74) is 2.94. The van der Waals surface area contributed by atoms with Crippen LogP contribution >= 0.6 is 0 Å². The molecule has 5 heterocycles. The predicted molar refractivity (Wildman–Crippen MR) is 103 cm³/mol. The second-order valence-electron chi connectivity index (χ2n) is 8.22. The number of pyridine rings is 1. The SMILES string of the molecule is O=C1CC(C(=O)N2CCC3(CC2)OCCc2cn[nH]c23)CN1Cc1cccnc1. The Balaban J connectivity index is 1.21. The minimum Gasteiger partial charge on any atom is -0.368 e. The van der Waals surface area contributed by atoms with Crippen LogP contribution in [0.4, 0.5) is 0 Å². The molecule has 2 aromatic rings. The highest BCUT2D eigenvalue weighted by Gasteiger charge is 2.45. The van der Waals surface area contributed by atoms with Gasteiger partial charge in [-0.3, -0.25) is 19.7 Å². The maximum atomic E-state index is 13.1. The Bertz CT molecular complexity index is 904. The summed E-state index contributed by atoms with van der Waals surface area (Å²) in [6, 6.07) is 3.81. The summed E-state index contributed by atoms with van der Waals surface area (Å²) in [6.45, 7) is 2.97. The van der Waals surface area contributed by atoms with Crippen molar-refractivity contribution in [2.75, 3.05) is 26.2 Å². The fourth-order valence-corrected chi connectivity index (χ4v) is 4.87. The Morgan fingerprint density at radius 1 is 1.31 bits per heavy atom. The van der Waals surface area contributed by atoms with Gasteiger partial charge in [-0.05, 0) is 36.5 Å². The molecule has 0 saturated carbocycles. The monoisotopic (exact) mass is 395 g/mol. The predicted octanol–water partition coefficient (Wildman–Crippen LogP) is 1.24. The van der Waals surface area contributed by atoms with Gasteiger partial charge in [-0.25, -0.2) is 0 Å². The summed E-state index contributed by atoms with van der Waals surface area (Å²) in [7, 11) is 0. The Kier molecular flexibility index (Phi) is 4.58. The van der Waals surface area contributed by atoms with Crippen molar-refractivity contribution in [1.82, 2.24) is 25.0 Å². The number of carbonyl (C=O) groups excluding carboxylic acids is 2. The van der Waals surface area contributed by atoms with Crippen molar-refractivity contribution in [3.63, 3.8) is 0 Å². The Labute approximate surface area is 169 Å². The Hall–Kier alpha value is -2.74. The van der Waals surface area contributed by atoms with Crippen LogP contribution in [0, 0.1) is 5.92 Å². The van der Waals surface area contributed by atoms with E-state index in [1.807, 2.05) is 23.2 Å². The zero-order chi connectivity index (χ0) is 19.8. The Morgan fingerprint density at radius 2 is 2.17 bits per heavy atom. The first-order valence-electron chi connectivity index (χ1n) is 10.3. The van der Waals surface area contributed by atoms with Crippen LogP contribution in [-0.2, 0) is 32.9 Å². The van der Waals surface area contributed by atoms with E-state index in [1.54, 1.807) is 17.3 Å². The third kappa shape index (κ3) is 3.31. The zero-order valence-electron chi connectivity index (χ0n) is 16.3. The van der Waals surface area contributed by atoms with E-state index >= 15 is 0 Å². The molecule has 8 nitrogen and oxygen atoms in total.